The minimum absolute atomic E-state index is 0.632. The third-order valence-corrected chi connectivity index (χ3v) is 6.44. The van der Waals surface area contributed by atoms with Gasteiger partial charge in [0.05, 0.1) is 0 Å². The minimum atomic E-state index is 0.632. The predicted octanol–water partition coefficient (Wildman–Crippen LogP) is 7.48. The average Bonchev–Trinajstić information content (AvgIpc) is 3.16. The van der Waals surface area contributed by atoms with Crippen LogP contribution in [0, 0.1) is 5.92 Å². The maximum absolute atomic E-state index is 2.42. The first-order valence-corrected chi connectivity index (χ1v) is 10.3. The second-order valence-electron chi connectivity index (χ2n) is 8.18. The lowest BCUT2D eigenvalue weighted by molar-refractivity contribution is 0.456. The fraction of sp³-hybridized carbons (Fsp3) is 0.385. The summed E-state index contributed by atoms with van der Waals surface area (Å²) in [6.07, 6.45) is 6.56. The highest BCUT2D eigenvalue weighted by Crippen LogP contribution is 2.43. The molecule has 0 N–H and O–H groups in total. The summed E-state index contributed by atoms with van der Waals surface area (Å²) in [7, 11) is 0. The minimum Gasteiger partial charge on any atom is -0.0616 e. The van der Waals surface area contributed by atoms with Crippen LogP contribution in [0.5, 0.6) is 0 Å². The van der Waals surface area contributed by atoms with Crippen LogP contribution in [0.25, 0.3) is 10.8 Å². The van der Waals surface area contributed by atoms with E-state index in [1.807, 2.05) is 0 Å². The monoisotopic (exact) mass is 342 g/mol. The Morgan fingerprint density at radius 2 is 1.65 bits per heavy atom. The van der Waals surface area contributed by atoms with Gasteiger partial charge in [0.1, 0.15) is 0 Å². The quantitative estimate of drug-likeness (QED) is 0.451. The summed E-state index contributed by atoms with van der Waals surface area (Å²) in [5.41, 5.74) is 4.54. The fourth-order valence-corrected chi connectivity index (χ4v) is 4.92. The maximum atomic E-state index is 2.42. The van der Waals surface area contributed by atoms with Gasteiger partial charge in [-0.25, -0.2) is 0 Å². The Kier molecular flexibility index (Phi) is 5.11. The van der Waals surface area contributed by atoms with Gasteiger partial charge in [0.25, 0.3) is 0 Å². The molecule has 0 aromatic heterocycles. The van der Waals surface area contributed by atoms with Crippen molar-refractivity contribution in [1.82, 2.24) is 0 Å². The van der Waals surface area contributed by atoms with Gasteiger partial charge in [0, 0.05) is 0 Å². The van der Waals surface area contributed by atoms with E-state index in [0.29, 0.717) is 5.92 Å². The summed E-state index contributed by atoms with van der Waals surface area (Å²) >= 11 is 0. The van der Waals surface area contributed by atoms with Crippen molar-refractivity contribution in [1.29, 1.82) is 0 Å². The molecule has 0 aliphatic heterocycles. The molecule has 1 saturated carbocycles. The van der Waals surface area contributed by atoms with Crippen molar-refractivity contribution < 1.29 is 0 Å². The third-order valence-electron chi connectivity index (χ3n) is 6.44. The Morgan fingerprint density at radius 1 is 0.885 bits per heavy atom. The third kappa shape index (κ3) is 3.56. The zero-order valence-corrected chi connectivity index (χ0v) is 16.1. The van der Waals surface area contributed by atoms with E-state index in [2.05, 4.69) is 80.6 Å². The van der Waals surface area contributed by atoms with Crippen molar-refractivity contribution in [2.45, 2.75) is 57.8 Å². The van der Waals surface area contributed by atoms with E-state index in [9.17, 15) is 0 Å². The highest BCUT2D eigenvalue weighted by atomic mass is 14.3. The lowest BCUT2D eigenvalue weighted by Crippen LogP contribution is -2.03. The summed E-state index contributed by atoms with van der Waals surface area (Å²) in [4.78, 5) is 0. The standard InChI is InChI=1S/C26H30/c1-3-20-11-14-22(15-12-20)24-16-13-21(18-24)17-19(2)25-10-6-8-23-7-4-5-9-26(23)25/h4-12,14-15,19,21,24H,3,13,16-18H2,1-2H3/t19-,21+,24+/m0/s1. The molecule has 0 bridgehead atoms. The molecule has 1 fully saturated rings. The maximum Gasteiger partial charge on any atom is -0.0149 e. The summed E-state index contributed by atoms with van der Waals surface area (Å²) in [6.45, 7) is 4.65. The van der Waals surface area contributed by atoms with Gasteiger partial charge in [-0.15, -0.1) is 0 Å². The van der Waals surface area contributed by atoms with Gasteiger partial charge in [-0.1, -0.05) is 80.6 Å². The molecular formula is C26H30. The summed E-state index contributed by atoms with van der Waals surface area (Å²) in [5.74, 6) is 2.26. The second-order valence-corrected chi connectivity index (χ2v) is 8.18. The van der Waals surface area contributed by atoms with Gasteiger partial charge in [-0.2, -0.15) is 0 Å². The van der Waals surface area contributed by atoms with Crippen molar-refractivity contribution in [2.75, 3.05) is 0 Å². The zero-order valence-electron chi connectivity index (χ0n) is 16.1. The van der Waals surface area contributed by atoms with E-state index in [0.717, 1.165) is 18.3 Å². The molecule has 26 heavy (non-hydrogen) atoms. The Labute approximate surface area is 158 Å². The molecule has 3 aromatic rings. The second kappa shape index (κ2) is 7.66. The number of benzene rings is 3. The van der Waals surface area contributed by atoms with E-state index < -0.39 is 0 Å². The van der Waals surface area contributed by atoms with Gasteiger partial charge in [-0.3, -0.25) is 0 Å². The van der Waals surface area contributed by atoms with Crippen LogP contribution in [0.2, 0.25) is 0 Å². The topological polar surface area (TPSA) is 0 Å². The number of rotatable bonds is 5. The summed E-state index contributed by atoms with van der Waals surface area (Å²) in [6, 6.07) is 25.0. The molecular weight excluding hydrogens is 312 g/mol. The molecule has 3 atom stereocenters. The molecule has 0 heteroatoms. The molecule has 0 radical (unpaired) electrons. The van der Waals surface area contributed by atoms with Gasteiger partial charge in [0.2, 0.25) is 0 Å². The van der Waals surface area contributed by atoms with Crippen molar-refractivity contribution >= 4 is 10.8 Å². The van der Waals surface area contributed by atoms with Crippen LogP contribution in [-0.2, 0) is 6.42 Å². The SMILES string of the molecule is CCc1ccc([C@@H]2CC[C@H](C[C@H](C)c3cccc4ccccc34)C2)cc1. The molecule has 134 valence electrons. The first kappa shape index (κ1) is 17.3. The average molecular weight is 343 g/mol. The van der Waals surface area contributed by atoms with Crippen molar-refractivity contribution in [3.8, 4) is 0 Å². The largest absolute Gasteiger partial charge is 0.0616 e. The smallest absolute Gasteiger partial charge is 0.0149 e. The molecule has 4 rings (SSSR count). The summed E-state index contributed by atoms with van der Waals surface area (Å²) < 4.78 is 0. The molecule has 0 unspecified atom stereocenters. The van der Waals surface area contributed by atoms with Crippen molar-refractivity contribution in [2.24, 2.45) is 5.92 Å². The van der Waals surface area contributed by atoms with Gasteiger partial charge in [-0.05, 0) is 77.3 Å². The van der Waals surface area contributed by atoms with Crippen LogP contribution in [0.3, 0.4) is 0 Å². The lowest BCUT2D eigenvalue weighted by atomic mass is 9.86. The first-order chi connectivity index (χ1) is 12.7. The van der Waals surface area contributed by atoms with E-state index in [4.69, 9.17) is 0 Å². The predicted molar refractivity (Wildman–Crippen MR) is 113 cm³/mol. The normalized spacial score (nSPS) is 21.2. The molecule has 0 nitrogen and oxygen atoms in total. The Morgan fingerprint density at radius 3 is 2.46 bits per heavy atom. The molecule has 0 amide bonds. The van der Waals surface area contributed by atoms with Crippen LogP contribution in [0.15, 0.2) is 66.7 Å². The van der Waals surface area contributed by atoms with E-state index in [1.54, 1.807) is 5.56 Å². The Balaban J connectivity index is 1.44. The number of hydrogen-bond donors (Lipinski definition) is 0. The van der Waals surface area contributed by atoms with Gasteiger partial charge in [0.15, 0.2) is 0 Å². The Bertz CT molecular complexity index is 853. The summed E-state index contributed by atoms with van der Waals surface area (Å²) in [5, 5.41) is 2.81. The van der Waals surface area contributed by atoms with Crippen LogP contribution in [-0.4, -0.2) is 0 Å². The zero-order chi connectivity index (χ0) is 17.9. The van der Waals surface area contributed by atoms with Gasteiger partial charge < -0.3 is 0 Å². The number of fused-ring (bicyclic) bond motifs is 1. The highest BCUT2D eigenvalue weighted by Gasteiger charge is 2.27. The van der Waals surface area contributed by atoms with E-state index >= 15 is 0 Å². The van der Waals surface area contributed by atoms with E-state index in [-0.39, 0.29) is 0 Å². The van der Waals surface area contributed by atoms with Gasteiger partial charge >= 0.3 is 0 Å². The van der Waals surface area contributed by atoms with Crippen LogP contribution in [0.1, 0.15) is 68.1 Å². The lowest BCUT2D eigenvalue weighted by Gasteiger charge is -2.19. The molecule has 0 saturated heterocycles. The first-order valence-electron chi connectivity index (χ1n) is 10.3. The number of hydrogen-bond acceptors (Lipinski definition) is 0. The molecule has 0 spiro atoms. The van der Waals surface area contributed by atoms with Crippen molar-refractivity contribution in [3.63, 3.8) is 0 Å². The number of aryl methyl sites for hydroxylation is 1. The highest BCUT2D eigenvalue weighted by molar-refractivity contribution is 5.86. The van der Waals surface area contributed by atoms with Crippen LogP contribution in [0.4, 0.5) is 0 Å². The molecule has 0 heterocycles. The van der Waals surface area contributed by atoms with E-state index in [1.165, 1.54) is 47.6 Å². The molecule has 1 aliphatic rings. The van der Waals surface area contributed by atoms with Crippen LogP contribution >= 0.6 is 0 Å². The Hall–Kier alpha value is -2.08. The molecule has 1 aliphatic carbocycles. The fourth-order valence-electron chi connectivity index (χ4n) is 4.92. The molecule has 3 aromatic carbocycles. The van der Waals surface area contributed by atoms with Crippen molar-refractivity contribution in [3.05, 3.63) is 83.4 Å². The van der Waals surface area contributed by atoms with Crippen LogP contribution < -0.4 is 0 Å².